The molecule has 6 nitrogen and oxygen atoms in total. The highest BCUT2D eigenvalue weighted by atomic mass is 16.6. The van der Waals surface area contributed by atoms with Crippen molar-refractivity contribution in [3.8, 4) is 28.0 Å². The number of phenolic OH excluding ortho intramolecular Hbond substituents is 1. The Labute approximate surface area is 223 Å². The number of hydrogen-bond donors (Lipinski definition) is 1. The van der Waals surface area contributed by atoms with Crippen LogP contribution in [0, 0.1) is 10.1 Å². The average Bonchev–Trinajstić information content (AvgIpc) is 2.93. The molecule has 0 radical (unpaired) electrons. The van der Waals surface area contributed by atoms with Crippen molar-refractivity contribution in [3.05, 3.63) is 107 Å². The average molecular weight is 508 g/mol. The smallest absolute Gasteiger partial charge is 0.297 e. The number of nitro benzene ring substituents is 1. The summed E-state index contributed by atoms with van der Waals surface area (Å²) >= 11 is 0. The minimum absolute atomic E-state index is 0.00313. The molecule has 0 atom stereocenters. The molecule has 1 N–H and O–H groups in total. The van der Waals surface area contributed by atoms with Gasteiger partial charge in [0.2, 0.25) is 0 Å². The summed E-state index contributed by atoms with van der Waals surface area (Å²) in [7, 11) is 0. The molecule has 4 aromatic carbocycles. The minimum atomic E-state index is -0.455. The van der Waals surface area contributed by atoms with Crippen molar-refractivity contribution in [2.75, 3.05) is 0 Å². The molecule has 0 aromatic heterocycles. The van der Waals surface area contributed by atoms with Crippen LogP contribution in [0.15, 0.2) is 101 Å². The first kappa shape index (κ1) is 26.7. The van der Waals surface area contributed by atoms with Gasteiger partial charge in [0.1, 0.15) is 5.69 Å². The number of azo groups is 1. The molecule has 0 spiro atoms. The monoisotopic (exact) mass is 507 g/mol. The van der Waals surface area contributed by atoms with Gasteiger partial charge >= 0.3 is 0 Å². The fourth-order valence-corrected chi connectivity index (χ4v) is 4.56. The molecule has 0 saturated carbocycles. The predicted molar refractivity (Wildman–Crippen MR) is 153 cm³/mol. The Kier molecular flexibility index (Phi) is 8.31. The van der Waals surface area contributed by atoms with Crippen LogP contribution in [0.2, 0.25) is 0 Å². The molecular weight excluding hydrogens is 474 g/mol. The van der Waals surface area contributed by atoms with E-state index < -0.39 is 4.92 Å². The Bertz CT molecular complexity index is 1430. The van der Waals surface area contributed by atoms with Crippen LogP contribution in [-0.2, 0) is 5.41 Å². The molecular formula is C32H33N3O3. The van der Waals surface area contributed by atoms with Gasteiger partial charge in [-0.2, -0.15) is 0 Å². The van der Waals surface area contributed by atoms with Crippen molar-refractivity contribution in [3.63, 3.8) is 0 Å². The number of hydrogen-bond acceptors (Lipinski definition) is 5. The van der Waals surface area contributed by atoms with Crippen LogP contribution in [0.1, 0.15) is 52.0 Å². The van der Waals surface area contributed by atoms with E-state index in [1.165, 1.54) is 6.07 Å². The molecule has 0 unspecified atom stereocenters. The van der Waals surface area contributed by atoms with E-state index in [0.29, 0.717) is 5.56 Å². The number of unbranched alkanes of at least 4 members (excludes halogenated alkanes) is 2. The quantitative estimate of drug-likeness (QED) is 0.100. The minimum Gasteiger partial charge on any atom is -0.505 e. The molecule has 194 valence electrons. The predicted octanol–water partition coefficient (Wildman–Crippen LogP) is 9.91. The Hall–Kier alpha value is -4.32. The standard InChI is InChI=1S/C32H33N3O3/c1-4-5-12-19-32(2,3)26-21-27(24-15-10-7-11-16-24)31(36)29(22-26)34-33-28-18-17-25(20-30(28)35(37)38)23-13-8-6-9-14-23/h6-11,13-18,20-22,36H,4-5,12,19H2,1-3H3. The maximum Gasteiger partial charge on any atom is 0.297 e. The molecule has 0 saturated heterocycles. The number of aromatic hydroxyl groups is 1. The van der Waals surface area contributed by atoms with E-state index in [4.69, 9.17) is 0 Å². The summed E-state index contributed by atoms with van der Waals surface area (Å²) in [4.78, 5) is 11.4. The number of nitro groups is 1. The number of phenols is 1. The van der Waals surface area contributed by atoms with Crippen LogP contribution < -0.4 is 0 Å². The molecule has 0 amide bonds. The van der Waals surface area contributed by atoms with Crippen LogP contribution >= 0.6 is 0 Å². The molecule has 6 heteroatoms. The summed E-state index contributed by atoms with van der Waals surface area (Å²) in [6, 6.07) is 27.9. The van der Waals surface area contributed by atoms with Gasteiger partial charge in [-0.3, -0.25) is 10.1 Å². The van der Waals surface area contributed by atoms with Crippen molar-refractivity contribution in [1.29, 1.82) is 0 Å². The third-order valence-corrected chi connectivity index (χ3v) is 6.91. The van der Waals surface area contributed by atoms with Gasteiger partial charge in [-0.25, -0.2) is 0 Å². The largest absolute Gasteiger partial charge is 0.505 e. The highest BCUT2D eigenvalue weighted by Gasteiger charge is 2.24. The summed E-state index contributed by atoms with van der Waals surface area (Å²) in [6.45, 7) is 6.57. The first-order valence-corrected chi connectivity index (χ1v) is 13.0. The van der Waals surface area contributed by atoms with Crippen LogP contribution in [0.5, 0.6) is 5.75 Å². The zero-order chi connectivity index (χ0) is 27.1. The van der Waals surface area contributed by atoms with Crippen molar-refractivity contribution in [2.24, 2.45) is 10.2 Å². The second-order valence-electron chi connectivity index (χ2n) is 10.1. The van der Waals surface area contributed by atoms with Crippen molar-refractivity contribution >= 4 is 17.1 Å². The highest BCUT2D eigenvalue weighted by Crippen LogP contribution is 2.44. The fourth-order valence-electron chi connectivity index (χ4n) is 4.56. The second kappa shape index (κ2) is 11.8. The van der Waals surface area contributed by atoms with Crippen molar-refractivity contribution in [2.45, 2.75) is 51.9 Å². The van der Waals surface area contributed by atoms with Gasteiger partial charge in [-0.1, -0.05) is 107 Å². The number of nitrogens with zero attached hydrogens (tertiary/aromatic N) is 3. The lowest BCUT2D eigenvalue weighted by molar-refractivity contribution is -0.384. The lowest BCUT2D eigenvalue weighted by atomic mass is 9.78. The second-order valence-corrected chi connectivity index (χ2v) is 10.1. The molecule has 4 aromatic rings. The molecule has 0 bridgehead atoms. The summed E-state index contributed by atoms with van der Waals surface area (Å²) in [6.07, 6.45) is 4.38. The van der Waals surface area contributed by atoms with Gasteiger partial charge in [0, 0.05) is 11.6 Å². The van der Waals surface area contributed by atoms with E-state index in [-0.39, 0.29) is 28.2 Å². The molecule has 0 aliphatic rings. The van der Waals surface area contributed by atoms with E-state index in [9.17, 15) is 15.2 Å². The first-order valence-electron chi connectivity index (χ1n) is 13.0. The van der Waals surface area contributed by atoms with Gasteiger partial charge in [0.25, 0.3) is 5.69 Å². The van der Waals surface area contributed by atoms with Gasteiger partial charge in [0.05, 0.1) is 4.92 Å². The maximum atomic E-state index is 11.9. The van der Waals surface area contributed by atoms with Gasteiger partial charge in [-0.05, 0) is 52.3 Å². The van der Waals surface area contributed by atoms with Gasteiger partial charge < -0.3 is 5.11 Å². The normalized spacial score (nSPS) is 11.7. The third kappa shape index (κ3) is 6.14. The highest BCUT2D eigenvalue weighted by molar-refractivity contribution is 5.78. The molecule has 0 aliphatic heterocycles. The molecule has 0 aliphatic carbocycles. The number of rotatable bonds is 10. The Morgan fingerprint density at radius 1 is 0.789 bits per heavy atom. The van der Waals surface area contributed by atoms with Crippen molar-refractivity contribution in [1.82, 2.24) is 0 Å². The Morgan fingerprint density at radius 3 is 2.05 bits per heavy atom. The molecule has 38 heavy (non-hydrogen) atoms. The zero-order valence-corrected chi connectivity index (χ0v) is 22.1. The van der Waals surface area contributed by atoms with Crippen LogP contribution in [0.3, 0.4) is 0 Å². The van der Waals surface area contributed by atoms with E-state index in [0.717, 1.165) is 47.9 Å². The summed E-state index contributed by atoms with van der Waals surface area (Å²) in [5.41, 5.74) is 4.28. The molecule has 4 rings (SSSR count). The molecule has 0 heterocycles. The lowest BCUT2D eigenvalue weighted by Gasteiger charge is -2.27. The Balaban J connectivity index is 1.78. The van der Waals surface area contributed by atoms with E-state index >= 15 is 0 Å². The fraction of sp³-hybridized carbons (Fsp3) is 0.250. The summed E-state index contributed by atoms with van der Waals surface area (Å²) < 4.78 is 0. The lowest BCUT2D eigenvalue weighted by Crippen LogP contribution is -2.17. The van der Waals surface area contributed by atoms with Crippen LogP contribution in [0.4, 0.5) is 17.1 Å². The van der Waals surface area contributed by atoms with Gasteiger partial charge in [0.15, 0.2) is 11.4 Å². The summed E-state index contributed by atoms with van der Waals surface area (Å²) in [5, 5.41) is 31.7. The van der Waals surface area contributed by atoms with E-state index in [2.05, 4.69) is 31.0 Å². The zero-order valence-electron chi connectivity index (χ0n) is 22.1. The first-order chi connectivity index (χ1) is 18.3. The third-order valence-electron chi connectivity index (χ3n) is 6.91. The van der Waals surface area contributed by atoms with Crippen molar-refractivity contribution < 1.29 is 10.0 Å². The summed E-state index contributed by atoms with van der Waals surface area (Å²) in [5.74, 6) is -0.00313. The van der Waals surface area contributed by atoms with Crippen LogP contribution in [0.25, 0.3) is 22.3 Å². The topological polar surface area (TPSA) is 88.1 Å². The SMILES string of the molecule is CCCCCC(C)(C)c1cc(N=Nc2ccc(-c3ccccc3)cc2[N+](=O)[O-])c(O)c(-c2ccccc2)c1. The molecule has 0 fully saturated rings. The van der Waals surface area contributed by atoms with E-state index in [1.54, 1.807) is 12.1 Å². The van der Waals surface area contributed by atoms with E-state index in [1.807, 2.05) is 72.8 Å². The van der Waals surface area contributed by atoms with Gasteiger partial charge in [-0.15, -0.1) is 10.2 Å². The van der Waals surface area contributed by atoms with Crippen LogP contribution in [-0.4, -0.2) is 10.0 Å². The number of benzene rings is 4. The maximum absolute atomic E-state index is 11.9. The Morgan fingerprint density at radius 2 is 1.42 bits per heavy atom.